The number of likely N-dealkylation sites (tertiary alicyclic amines) is 1. The van der Waals surface area contributed by atoms with E-state index in [2.05, 4.69) is 5.32 Å². The Morgan fingerprint density at radius 3 is 2.63 bits per heavy atom. The number of alkyl halides is 3. The van der Waals surface area contributed by atoms with Crippen LogP contribution in [-0.4, -0.2) is 52.4 Å². The highest BCUT2D eigenvalue weighted by molar-refractivity contribution is 8.00. The third-order valence-electron chi connectivity index (χ3n) is 2.86. The van der Waals surface area contributed by atoms with E-state index in [9.17, 15) is 22.8 Å². The van der Waals surface area contributed by atoms with Gasteiger partial charge in [0.1, 0.15) is 6.04 Å². The normalized spacial score (nSPS) is 23.5. The van der Waals surface area contributed by atoms with Crippen LogP contribution in [0.3, 0.4) is 0 Å². The first-order valence-corrected chi connectivity index (χ1v) is 6.69. The second-order valence-corrected chi connectivity index (χ2v) is 5.43. The number of carbonyl (C=O) groups excluding carboxylic acids is 1. The maximum absolute atomic E-state index is 11.9. The summed E-state index contributed by atoms with van der Waals surface area (Å²) < 4.78 is 35.6. The lowest BCUT2D eigenvalue weighted by Gasteiger charge is -2.23. The fourth-order valence-corrected chi connectivity index (χ4v) is 2.41. The number of urea groups is 1. The van der Waals surface area contributed by atoms with E-state index in [1.165, 1.54) is 0 Å². The van der Waals surface area contributed by atoms with Gasteiger partial charge in [-0.05, 0) is 24.1 Å². The van der Waals surface area contributed by atoms with Gasteiger partial charge in [0, 0.05) is 18.8 Å². The van der Waals surface area contributed by atoms with Crippen molar-refractivity contribution in [2.75, 3.05) is 18.8 Å². The molecule has 1 heterocycles. The van der Waals surface area contributed by atoms with Gasteiger partial charge in [0.05, 0.1) is 0 Å². The predicted molar refractivity (Wildman–Crippen MR) is 63.8 cm³/mol. The summed E-state index contributed by atoms with van der Waals surface area (Å²) >= 11 is -0.224. The van der Waals surface area contributed by atoms with Crippen LogP contribution in [0, 0.1) is 5.92 Å². The zero-order valence-electron chi connectivity index (χ0n) is 10.2. The molecule has 2 N–H and O–H groups in total. The molecular weight excluding hydrogens is 285 g/mol. The molecule has 0 aliphatic carbocycles. The number of nitrogens with one attached hydrogen (secondary N) is 1. The molecule has 0 bridgehead atoms. The summed E-state index contributed by atoms with van der Waals surface area (Å²) in [4.78, 5) is 23.9. The zero-order valence-corrected chi connectivity index (χ0v) is 11.1. The van der Waals surface area contributed by atoms with Gasteiger partial charge in [0.2, 0.25) is 0 Å². The molecule has 1 fully saturated rings. The van der Waals surface area contributed by atoms with E-state index >= 15 is 0 Å². The molecule has 2 amide bonds. The van der Waals surface area contributed by atoms with Crippen LogP contribution in [0.15, 0.2) is 0 Å². The molecule has 0 spiro atoms. The van der Waals surface area contributed by atoms with E-state index in [4.69, 9.17) is 5.11 Å². The van der Waals surface area contributed by atoms with Gasteiger partial charge >= 0.3 is 17.5 Å². The minimum absolute atomic E-state index is 0.153. The van der Waals surface area contributed by atoms with Gasteiger partial charge in [-0.15, -0.1) is 0 Å². The summed E-state index contributed by atoms with van der Waals surface area (Å²) in [5, 5.41) is 11.3. The topological polar surface area (TPSA) is 69.6 Å². The van der Waals surface area contributed by atoms with Crippen molar-refractivity contribution in [2.45, 2.75) is 24.9 Å². The van der Waals surface area contributed by atoms with Gasteiger partial charge < -0.3 is 15.3 Å². The van der Waals surface area contributed by atoms with Crippen molar-refractivity contribution in [2.24, 2.45) is 5.92 Å². The maximum atomic E-state index is 11.9. The van der Waals surface area contributed by atoms with Crippen LogP contribution in [0.4, 0.5) is 18.0 Å². The van der Waals surface area contributed by atoms with Gasteiger partial charge in [-0.2, -0.15) is 13.2 Å². The predicted octanol–water partition coefficient (Wildman–Crippen LogP) is 1.74. The quantitative estimate of drug-likeness (QED) is 0.776. The average Bonchev–Trinajstić information content (AvgIpc) is 2.65. The van der Waals surface area contributed by atoms with Crippen molar-refractivity contribution >= 4 is 23.8 Å². The Balaban J connectivity index is 2.39. The first-order chi connectivity index (χ1) is 8.72. The summed E-state index contributed by atoms with van der Waals surface area (Å²) in [5.41, 5.74) is -4.32. The van der Waals surface area contributed by atoms with Gasteiger partial charge in [-0.1, -0.05) is 6.92 Å². The lowest BCUT2D eigenvalue weighted by atomic mass is 10.0. The molecule has 1 saturated heterocycles. The van der Waals surface area contributed by atoms with Crippen LogP contribution >= 0.6 is 11.8 Å². The molecule has 5 nitrogen and oxygen atoms in total. The van der Waals surface area contributed by atoms with Gasteiger partial charge in [0.15, 0.2) is 0 Å². The summed E-state index contributed by atoms with van der Waals surface area (Å²) in [7, 11) is 0. The Labute approximate surface area is 112 Å². The molecule has 1 rings (SSSR count). The number of amides is 2. The van der Waals surface area contributed by atoms with Crippen molar-refractivity contribution in [3.05, 3.63) is 0 Å². The highest BCUT2D eigenvalue weighted by atomic mass is 32.2. The lowest BCUT2D eigenvalue weighted by Crippen LogP contribution is -2.48. The van der Waals surface area contributed by atoms with Crippen LogP contribution < -0.4 is 5.32 Å². The Bertz CT molecular complexity index is 351. The molecule has 0 saturated carbocycles. The largest absolute Gasteiger partial charge is 0.480 e. The van der Waals surface area contributed by atoms with Crippen LogP contribution in [0.5, 0.6) is 0 Å². The molecule has 2 unspecified atom stereocenters. The van der Waals surface area contributed by atoms with Gasteiger partial charge in [-0.25, -0.2) is 9.59 Å². The smallest absolute Gasteiger partial charge is 0.441 e. The zero-order chi connectivity index (χ0) is 14.6. The van der Waals surface area contributed by atoms with Crippen molar-refractivity contribution in [3.63, 3.8) is 0 Å². The van der Waals surface area contributed by atoms with E-state index in [0.29, 0.717) is 13.0 Å². The van der Waals surface area contributed by atoms with E-state index in [-0.39, 0.29) is 30.0 Å². The van der Waals surface area contributed by atoms with Crippen LogP contribution in [-0.2, 0) is 4.79 Å². The third-order valence-corrected chi connectivity index (χ3v) is 3.59. The number of carbonyl (C=O) groups is 2. The molecular formula is C10H15F3N2O3S. The molecule has 9 heteroatoms. The number of rotatable bonds is 4. The molecule has 1 aliphatic heterocycles. The Morgan fingerprint density at radius 2 is 2.11 bits per heavy atom. The lowest BCUT2D eigenvalue weighted by molar-refractivity contribution is -0.142. The monoisotopic (exact) mass is 300 g/mol. The minimum atomic E-state index is -4.32. The number of nitrogens with zero attached hydrogens (tertiary/aromatic N) is 1. The molecule has 19 heavy (non-hydrogen) atoms. The second-order valence-electron chi connectivity index (χ2n) is 4.27. The first-order valence-electron chi connectivity index (χ1n) is 5.70. The number of hydrogen-bond donors (Lipinski definition) is 2. The molecule has 0 radical (unpaired) electrons. The van der Waals surface area contributed by atoms with Crippen molar-refractivity contribution in [3.8, 4) is 0 Å². The van der Waals surface area contributed by atoms with Crippen LogP contribution in [0.2, 0.25) is 0 Å². The number of carboxylic acid groups (broad SMARTS) is 1. The van der Waals surface area contributed by atoms with E-state index in [1.807, 2.05) is 0 Å². The Kier molecular flexibility index (Phi) is 5.33. The summed E-state index contributed by atoms with van der Waals surface area (Å²) in [6, 6.07) is -1.53. The van der Waals surface area contributed by atoms with E-state index < -0.39 is 23.6 Å². The summed E-state index contributed by atoms with van der Waals surface area (Å²) in [6.07, 6.45) is 0.571. The van der Waals surface area contributed by atoms with E-state index in [1.54, 1.807) is 6.92 Å². The fourth-order valence-electron chi connectivity index (χ4n) is 1.98. The van der Waals surface area contributed by atoms with Gasteiger partial charge in [0.25, 0.3) is 0 Å². The van der Waals surface area contributed by atoms with Crippen LogP contribution in [0.25, 0.3) is 0 Å². The Hall–Kier alpha value is -1.12. The second kappa shape index (κ2) is 6.36. The first kappa shape index (κ1) is 15.9. The number of aliphatic carboxylic acids is 1. The molecule has 2 atom stereocenters. The third kappa shape index (κ3) is 4.81. The molecule has 0 aromatic rings. The number of halogens is 3. The molecule has 0 aromatic heterocycles. The minimum Gasteiger partial charge on any atom is -0.480 e. The summed E-state index contributed by atoms with van der Waals surface area (Å²) in [5.74, 6) is -1.55. The number of carboxylic acids is 1. The maximum Gasteiger partial charge on any atom is 0.441 e. The van der Waals surface area contributed by atoms with Crippen molar-refractivity contribution in [1.82, 2.24) is 10.2 Å². The molecule has 0 aromatic carbocycles. The standard InChI is InChI=1S/C10H15F3N2O3S/c1-6-2-4-15(7(6)8(16)17)9(18)14-3-5-19-10(11,12)13/h6-7H,2-5H2,1H3,(H,14,18)(H,16,17). The summed E-state index contributed by atoms with van der Waals surface area (Å²) in [6.45, 7) is 1.88. The van der Waals surface area contributed by atoms with Gasteiger partial charge in [-0.3, -0.25) is 0 Å². The fraction of sp³-hybridized carbons (Fsp3) is 0.800. The highest BCUT2D eigenvalue weighted by Crippen LogP contribution is 2.29. The van der Waals surface area contributed by atoms with Crippen LogP contribution in [0.1, 0.15) is 13.3 Å². The van der Waals surface area contributed by atoms with Crippen molar-refractivity contribution in [1.29, 1.82) is 0 Å². The van der Waals surface area contributed by atoms with E-state index in [0.717, 1.165) is 4.90 Å². The molecule has 110 valence electrons. The average molecular weight is 300 g/mol. The number of thioether (sulfide) groups is 1. The highest BCUT2D eigenvalue weighted by Gasteiger charge is 2.39. The SMILES string of the molecule is CC1CCN(C(=O)NCCSC(F)(F)F)C1C(=O)O. The van der Waals surface area contributed by atoms with Crippen molar-refractivity contribution < 1.29 is 27.9 Å². The Morgan fingerprint density at radius 1 is 1.47 bits per heavy atom. The molecule has 1 aliphatic rings. The number of hydrogen-bond acceptors (Lipinski definition) is 3.